The van der Waals surface area contributed by atoms with Gasteiger partial charge in [0, 0.05) is 6.61 Å². The third-order valence-corrected chi connectivity index (χ3v) is 3.12. The molecular formula is C14H18O5. The van der Waals surface area contributed by atoms with Crippen molar-refractivity contribution >= 4 is 5.97 Å². The maximum Gasteiger partial charge on any atom is 0.339 e. The van der Waals surface area contributed by atoms with E-state index in [1.54, 1.807) is 12.1 Å². The number of methoxy groups -OCH3 is 1. The average Bonchev–Trinajstić information content (AvgIpc) is 2.46. The molecule has 1 atom stereocenters. The molecule has 1 fully saturated rings. The van der Waals surface area contributed by atoms with Gasteiger partial charge in [0.15, 0.2) is 0 Å². The molecule has 1 saturated heterocycles. The van der Waals surface area contributed by atoms with Crippen molar-refractivity contribution in [3.8, 4) is 11.5 Å². The van der Waals surface area contributed by atoms with Crippen LogP contribution in [-0.4, -0.2) is 37.5 Å². The largest absolute Gasteiger partial charge is 0.497 e. The molecule has 1 aromatic carbocycles. The van der Waals surface area contributed by atoms with Gasteiger partial charge in [0.1, 0.15) is 23.7 Å². The van der Waals surface area contributed by atoms with Crippen molar-refractivity contribution in [2.45, 2.75) is 25.4 Å². The van der Waals surface area contributed by atoms with Gasteiger partial charge in [-0.05, 0) is 37.5 Å². The Hall–Kier alpha value is -1.75. The van der Waals surface area contributed by atoms with E-state index in [-0.39, 0.29) is 11.7 Å². The van der Waals surface area contributed by atoms with Crippen LogP contribution in [0.1, 0.15) is 29.6 Å². The first-order chi connectivity index (χ1) is 9.20. The van der Waals surface area contributed by atoms with E-state index in [0.717, 1.165) is 25.9 Å². The van der Waals surface area contributed by atoms with Crippen LogP contribution in [0.25, 0.3) is 0 Å². The number of benzene rings is 1. The molecule has 19 heavy (non-hydrogen) atoms. The van der Waals surface area contributed by atoms with Crippen molar-refractivity contribution in [3.05, 3.63) is 23.8 Å². The summed E-state index contributed by atoms with van der Waals surface area (Å²) in [6.07, 6.45) is 3.22. The quantitative estimate of drug-likeness (QED) is 0.886. The van der Waals surface area contributed by atoms with Crippen LogP contribution in [0, 0.1) is 0 Å². The van der Waals surface area contributed by atoms with E-state index in [4.69, 9.17) is 19.3 Å². The predicted molar refractivity (Wildman–Crippen MR) is 69.0 cm³/mol. The third-order valence-electron chi connectivity index (χ3n) is 3.12. The summed E-state index contributed by atoms with van der Waals surface area (Å²) in [5.74, 6) is -0.181. The molecule has 1 aromatic rings. The standard InChI is InChI=1S/C14H18O5/c1-17-10-5-6-13(12(8-10)14(15)16)19-9-11-4-2-3-7-18-11/h5-6,8,11H,2-4,7,9H2,1H3,(H,15,16). The van der Waals surface area contributed by atoms with Crippen LogP contribution >= 0.6 is 0 Å². The first-order valence-corrected chi connectivity index (χ1v) is 6.36. The van der Waals surface area contributed by atoms with Gasteiger partial charge in [0.2, 0.25) is 0 Å². The Labute approximate surface area is 112 Å². The van der Waals surface area contributed by atoms with Crippen LogP contribution in [0.2, 0.25) is 0 Å². The summed E-state index contributed by atoms with van der Waals surface area (Å²) in [7, 11) is 1.50. The number of carboxylic acid groups (broad SMARTS) is 1. The fourth-order valence-corrected chi connectivity index (χ4v) is 2.05. The molecule has 1 aliphatic rings. The number of ether oxygens (including phenoxy) is 3. The molecular weight excluding hydrogens is 248 g/mol. The highest BCUT2D eigenvalue weighted by atomic mass is 16.5. The van der Waals surface area contributed by atoms with E-state index in [2.05, 4.69) is 0 Å². The Balaban J connectivity index is 2.04. The Bertz CT molecular complexity index is 437. The lowest BCUT2D eigenvalue weighted by Gasteiger charge is -2.23. The number of aromatic carboxylic acids is 1. The molecule has 1 N–H and O–H groups in total. The predicted octanol–water partition coefficient (Wildman–Crippen LogP) is 2.34. The first-order valence-electron chi connectivity index (χ1n) is 6.36. The monoisotopic (exact) mass is 266 g/mol. The van der Waals surface area contributed by atoms with Gasteiger partial charge in [0.25, 0.3) is 0 Å². The summed E-state index contributed by atoms with van der Waals surface area (Å²) in [5, 5.41) is 9.16. The summed E-state index contributed by atoms with van der Waals surface area (Å²) < 4.78 is 16.1. The molecule has 0 spiro atoms. The molecule has 0 aromatic heterocycles. The molecule has 2 rings (SSSR count). The van der Waals surface area contributed by atoms with Crippen molar-refractivity contribution in [3.63, 3.8) is 0 Å². The Kier molecular flexibility index (Phi) is 4.63. The van der Waals surface area contributed by atoms with Crippen LogP contribution in [-0.2, 0) is 4.74 Å². The molecule has 1 unspecified atom stereocenters. The van der Waals surface area contributed by atoms with Gasteiger partial charge in [-0.2, -0.15) is 0 Å². The number of carboxylic acids is 1. The molecule has 1 aliphatic heterocycles. The summed E-state index contributed by atoms with van der Waals surface area (Å²) in [4.78, 5) is 11.2. The molecule has 0 amide bonds. The van der Waals surface area contributed by atoms with E-state index in [9.17, 15) is 4.79 Å². The number of hydrogen-bond donors (Lipinski definition) is 1. The lowest BCUT2D eigenvalue weighted by molar-refractivity contribution is -0.0113. The van der Waals surface area contributed by atoms with Crippen LogP contribution in [0.5, 0.6) is 11.5 Å². The second-order valence-corrected chi connectivity index (χ2v) is 4.47. The highest BCUT2D eigenvalue weighted by molar-refractivity contribution is 5.91. The second kappa shape index (κ2) is 6.43. The average molecular weight is 266 g/mol. The summed E-state index contributed by atoms with van der Waals surface area (Å²) in [6, 6.07) is 4.76. The highest BCUT2D eigenvalue weighted by Crippen LogP contribution is 2.25. The van der Waals surface area contributed by atoms with Gasteiger partial charge >= 0.3 is 5.97 Å². The second-order valence-electron chi connectivity index (χ2n) is 4.47. The van der Waals surface area contributed by atoms with E-state index < -0.39 is 5.97 Å². The van der Waals surface area contributed by atoms with Crippen molar-refractivity contribution in [2.24, 2.45) is 0 Å². The number of carbonyl (C=O) groups is 1. The van der Waals surface area contributed by atoms with E-state index in [1.165, 1.54) is 13.2 Å². The maximum atomic E-state index is 11.2. The maximum absolute atomic E-state index is 11.2. The van der Waals surface area contributed by atoms with Gasteiger partial charge in [-0.3, -0.25) is 0 Å². The summed E-state index contributed by atoms with van der Waals surface area (Å²) in [6.45, 7) is 1.13. The highest BCUT2D eigenvalue weighted by Gasteiger charge is 2.17. The van der Waals surface area contributed by atoms with Crippen molar-refractivity contribution < 1.29 is 24.1 Å². The van der Waals surface area contributed by atoms with Crippen LogP contribution in [0.3, 0.4) is 0 Å². The molecule has 5 nitrogen and oxygen atoms in total. The minimum absolute atomic E-state index is 0.0532. The zero-order valence-electron chi connectivity index (χ0n) is 10.9. The number of rotatable bonds is 5. The van der Waals surface area contributed by atoms with Crippen LogP contribution in [0.15, 0.2) is 18.2 Å². The Morgan fingerprint density at radius 3 is 2.95 bits per heavy atom. The van der Waals surface area contributed by atoms with Gasteiger partial charge in [-0.25, -0.2) is 4.79 Å². The summed E-state index contributed by atoms with van der Waals surface area (Å²) in [5.41, 5.74) is 0.107. The smallest absolute Gasteiger partial charge is 0.339 e. The molecule has 5 heteroatoms. The molecule has 0 bridgehead atoms. The minimum atomic E-state index is -1.03. The zero-order valence-corrected chi connectivity index (χ0v) is 10.9. The summed E-state index contributed by atoms with van der Waals surface area (Å²) >= 11 is 0. The van der Waals surface area contributed by atoms with Gasteiger partial charge in [-0.1, -0.05) is 0 Å². The minimum Gasteiger partial charge on any atom is -0.497 e. The Morgan fingerprint density at radius 1 is 1.47 bits per heavy atom. The topological polar surface area (TPSA) is 65.0 Å². The molecule has 0 aliphatic carbocycles. The first kappa shape index (κ1) is 13.7. The van der Waals surface area contributed by atoms with Crippen LogP contribution < -0.4 is 9.47 Å². The van der Waals surface area contributed by atoms with Gasteiger partial charge in [-0.15, -0.1) is 0 Å². The normalized spacial score (nSPS) is 18.9. The number of hydrogen-bond acceptors (Lipinski definition) is 4. The SMILES string of the molecule is COc1ccc(OCC2CCCCO2)c(C(=O)O)c1. The van der Waals surface area contributed by atoms with Crippen LogP contribution in [0.4, 0.5) is 0 Å². The molecule has 0 radical (unpaired) electrons. The fraction of sp³-hybridized carbons (Fsp3) is 0.500. The molecule has 104 valence electrons. The van der Waals surface area contributed by atoms with Crippen molar-refractivity contribution in [1.29, 1.82) is 0 Å². The zero-order chi connectivity index (χ0) is 13.7. The Morgan fingerprint density at radius 2 is 2.32 bits per heavy atom. The lowest BCUT2D eigenvalue weighted by atomic mass is 10.1. The fourth-order valence-electron chi connectivity index (χ4n) is 2.05. The third kappa shape index (κ3) is 3.61. The van der Waals surface area contributed by atoms with Crippen molar-refractivity contribution in [1.82, 2.24) is 0 Å². The van der Waals surface area contributed by atoms with Gasteiger partial charge < -0.3 is 19.3 Å². The lowest BCUT2D eigenvalue weighted by Crippen LogP contribution is -2.26. The van der Waals surface area contributed by atoms with E-state index >= 15 is 0 Å². The molecule has 0 saturated carbocycles. The van der Waals surface area contributed by atoms with Crippen molar-refractivity contribution in [2.75, 3.05) is 20.3 Å². The van der Waals surface area contributed by atoms with Gasteiger partial charge in [0.05, 0.1) is 13.2 Å². The van der Waals surface area contributed by atoms with E-state index in [1.807, 2.05) is 0 Å². The molecule has 1 heterocycles. The van der Waals surface area contributed by atoms with E-state index in [0.29, 0.717) is 18.1 Å².